The molecular formula is C26H22BrNO4. The van der Waals surface area contributed by atoms with Crippen molar-refractivity contribution in [1.82, 2.24) is 0 Å². The number of ketones is 1. The molecule has 0 aliphatic carbocycles. The summed E-state index contributed by atoms with van der Waals surface area (Å²) in [6.45, 7) is 3.87. The van der Waals surface area contributed by atoms with Crippen LogP contribution in [0.15, 0.2) is 76.8 Å². The summed E-state index contributed by atoms with van der Waals surface area (Å²) in [6, 6.07) is 19.0. The Kier molecular flexibility index (Phi) is 5.89. The molecule has 1 N–H and O–H groups in total. The first kappa shape index (κ1) is 21.8. The normalized spacial score (nSPS) is 17.6. The summed E-state index contributed by atoms with van der Waals surface area (Å²) < 4.78 is 6.22. The summed E-state index contributed by atoms with van der Waals surface area (Å²) in [5.74, 6) is -1.02. The minimum absolute atomic E-state index is 0.0477. The Bertz CT molecular complexity index is 1250. The molecule has 32 heavy (non-hydrogen) atoms. The molecule has 1 atom stereocenters. The zero-order valence-electron chi connectivity index (χ0n) is 17.9. The van der Waals surface area contributed by atoms with E-state index < -0.39 is 17.7 Å². The third-order valence-corrected chi connectivity index (χ3v) is 6.34. The predicted octanol–water partition coefficient (Wildman–Crippen LogP) is 5.70. The minimum Gasteiger partial charge on any atom is -0.507 e. The lowest BCUT2D eigenvalue weighted by molar-refractivity contribution is -0.132. The Morgan fingerprint density at radius 1 is 1.00 bits per heavy atom. The number of carbonyl (C=O) groups excluding carboxylic acids is 2. The van der Waals surface area contributed by atoms with Crippen molar-refractivity contribution in [3.63, 3.8) is 0 Å². The van der Waals surface area contributed by atoms with Crippen LogP contribution in [0.4, 0.5) is 5.69 Å². The molecule has 1 aliphatic heterocycles. The van der Waals surface area contributed by atoms with Crippen LogP contribution in [0, 0.1) is 13.8 Å². The maximum absolute atomic E-state index is 13.3. The van der Waals surface area contributed by atoms with Gasteiger partial charge in [-0.1, -0.05) is 52.3 Å². The average Bonchev–Trinajstić information content (AvgIpc) is 3.06. The van der Waals surface area contributed by atoms with E-state index in [1.165, 1.54) is 4.90 Å². The van der Waals surface area contributed by atoms with Crippen LogP contribution in [-0.4, -0.2) is 23.9 Å². The molecular weight excluding hydrogens is 470 g/mol. The van der Waals surface area contributed by atoms with Crippen molar-refractivity contribution < 1.29 is 19.4 Å². The fourth-order valence-corrected chi connectivity index (χ4v) is 4.23. The second kappa shape index (κ2) is 8.63. The van der Waals surface area contributed by atoms with E-state index in [9.17, 15) is 14.7 Å². The first-order chi connectivity index (χ1) is 15.3. The Balaban J connectivity index is 1.99. The first-order valence-corrected chi connectivity index (χ1v) is 10.9. The number of aliphatic hydroxyl groups excluding tert-OH is 1. The van der Waals surface area contributed by atoms with E-state index in [0.29, 0.717) is 22.6 Å². The Hall–Kier alpha value is -3.38. The molecule has 0 bridgehead atoms. The van der Waals surface area contributed by atoms with Gasteiger partial charge in [0.05, 0.1) is 18.7 Å². The van der Waals surface area contributed by atoms with Crippen molar-refractivity contribution in [2.75, 3.05) is 12.0 Å². The Morgan fingerprint density at radius 2 is 1.69 bits per heavy atom. The predicted molar refractivity (Wildman–Crippen MR) is 128 cm³/mol. The second-order valence-corrected chi connectivity index (χ2v) is 8.59. The van der Waals surface area contributed by atoms with Crippen LogP contribution in [0.1, 0.15) is 28.3 Å². The second-order valence-electron chi connectivity index (χ2n) is 7.67. The largest absolute Gasteiger partial charge is 0.507 e. The van der Waals surface area contributed by atoms with Crippen molar-refractivity contribution in [3.05, 3.63) is 99.0 Å². The standard InChI is InChI=1S/C26H22BrNO4/c1-15-6-4-9-21(16(15)2)28-23(18-7-5-8-20(14-18)32-3)22(25(30)26(28)31)24(29)17-10-12-19(27)13-11-17/h4-14,23,29H,1-3H3/b24-22+. The molecule has 5 nitrogen and oxygen atoms in total. The van der Waals surface area contributed by atoms with E-state index in [4.69, 9.17) is 4.74 Å². The maximum atomic E-state index is 13.3. The van der Waals surface area contributed by atoms with Crippen LogP contribution in [0.3, 0.4) is 0 Å². The van der Waals surface area contributed by atoms with Crippen LogP contribution in [0.2, 0.25) is 0 Å². The smallest absolute Gasteiger partial charge is 0.300 e. The number of aliphatic hydroxyl groups is 1. The number of aryl methyl sites for hydroxylation is 1. The molecule has 1 heterocycles. The SMILES string of the molecule is COc1cccc(C2/C(=C(\O)c3ccc(Br)cc3)C(=O)C(=O)N2c2cccc(C)c2C)c1. The first-order valence-electron chi connectivity index (χ1n) is 10.1. The van der Waals surface area contributed by atoms with Crippen molar-refractivity contribution in [2.45, 2.75) is 19.9 Å². The lowest BCUT2D eigenvalue weighted by atomic mass is 9.94. The topological polar surface area (TPSA) is 66.8 Å². The Morgan fingerprint density at radius 3 is 2.38 bits per heavy atom. The van der Waals surface area contributed by atoms with Gasteiger partial charge in [-0.3, -0.25) is 14.5 Å². The fourth-order valence-electron chi connectivity index (χ4n) is 3.97. The van der Waals surface area contributed by atoms with Gasteiger partial charge in [0.2, 0.25) is 0 Å². The van der Waals surface area contributed by atoms with E-state index in [2.05, 4.69) is 15.9 Å². The number of benzene rings is 3. The van der Waals surface area contributed by atoms with Crippen molar-refractivity contribution >= 4 is 39.1 Å². The number of hydrogen-bond acceptors (Lipinski definition) is 4. The van der Waals surface area contributed by atoms with E-state index in [1.807, 2.05) is 38.1 Å². The van der Waals surface area contributed by atoms with Crippen molar-refractivity contribution in [3.8, 4) is 5.75 Å². The molecule has 1 amide bonds. The molecule has 3 aromatic rings. The molecule has 6 heteroatoms. The van der Waals surface area contributed by atoms with Gasteiger partial charge >= 0.3 is 0 Å². The number of halogens is 1. The lowest BCUT2D eigenvalue weighted by Crippen LogP contribution is -2.30. The highest BCUT2D eigenvalue weighted by atomic mass is 79.9. The van der Waals surface area contributed by atoms with Crippen LogP contribution in [0.25, 0.3) is 5.76 Å². The average molecular weight is 492 g/mol. The molecule has 1 aliphatic rings. The number of amides is 1. The lowest BCUT2D eigenvalue weighted by Gasteiger charge is -2.27. The van der Waals surface area contributed by atoms with Gasteiger partial charge in [0.15, 0.2) is 0 Å². The molecule has 0 radical (unpaired) electrons. The van der Waals surface area contributed by atoms with Gasteiger partial charge in [0, 0.05) is 15.7 Å². The van der Waals surface area contributed by atoms with Crippen LogP contribution in [0.5, 0.6) is 5.75 Å². The van der Waals surface area contributed by atoms with Gasteiger partial charge in [-0.25, -0.2) is 0 Å². The number of nitrogens with zero attached hydrogens (tertiary/aromatic N) is 1. The monoisotopic (exact) mass is 491 g/mol. The molecule has 1 saturated heterocycles. The fraction of sp³-hybridized carbons (Fsp3) is 0.154. The molecule has 4 rings (SSSR count). The van der Waals surface area contributed by atoms with Gasteiger partial charge in [-0.05, 0) is 60.9 Å². The summed E-state index contributed by atoms with van der Waals surface area (Å²) in [6.07, 6.45) is 0. The van der Waals surface area contributed by atoms with E-state index in [0.717, 1.165) is 15.6 Å². The van der Waals surface area contributed by atoms with E-state index in [1.54, 1.807) is 49.6 Å². The number of carbonyl (C=O) groups is 2. The van der Waals surface area contributed by atoms with Crippen molar-refractivity contribution in [2.24, 2.45) is 0 Å². The molecule has 1 unspecified atom stereocenters. The summed E-state index contributed by atoms with van der Waals surface area (Å²) in [5.41, 5.74) is 3.71. The number of methoxy groups -OCH3 is 1. The van der Waals surface area contributed by atoms with Gasteiger partial charge in [0.25, 0.3) is 11.7 Å². The number of rotatable bonds is 4. The Labute approximate surface area is 195 Å². The van der Waals surface area contributed by atoms with Gasteiger partial charge in [-0.15, -0.1) is 0 Å². The van der Waals surface area contributed by atoms with Gasteiger partial charge in [-0.2, -0.15) is 0 Å². The summed E-state index contributed by atoms with van der Waals surface area (Å²) >= 11 is 3.38. The highest BCUT2D eigenvalue weighted by Crippen LogP contribution is 2.44. The quantitative estimate of drug-likeness (QED) is 0.288. The van der Waals surface area contributed by atoms with E-state index >= 15 is 0 Å². The molecule has 162 valence electrons. The number of anilines is 1. The molecule has 1 fully saturated rings. The zero-order chi connectivity index (χ0) is 23.0. The number of Topliss-reactive ketones (excluding diaryl/α,β-unsaturated/α-hetero) is 1. The number of hydrogen-bond donors (Lipinski definition) is 1. The van der Waals surface area contributed by atoms with Gasteiger partial charge in [0.1, 0.15) is 11.5 Å². The summed E-state index contributed by atoms with van der Waals surface area (Å²) in [5, 5.41) is 11.2. The summed E-state index contributed by atoms with van der Waals surface area (Å²) in [7, 11) is 1.56. The third-order valence-electron chi connectivity index (χ3n) is 5.81. The maximum Gasteiger partial charge on any atom is 0.300 e. The molecule has 0 spiro atoms. The highest BCUT2D eigenvalue weighted by Gasteiger charge is 2.47. The van der Waals surface area contributed by atoms with E-state index in [-0.39, 0.29) is 11.3 Å². The van der Waals surface area contributed by atoms with Crippen LogP contribution in [-0.2, 0) is 9.59 Å². The zero-order valence-corrected chi connectivity index (χ0v) is 19.5. The molecule has 0 saturated carbocycles. The van der Waals surface area contributed by atoms with Crippen molar-refractivity contribution in [1.29, 1.82) is 0 Å². The third kappa shape index (κ3) is 3.71. The highest BCUT2D eigenvalue weighted by molar-refractivity contribution is 9.10. The van der Waals surface area contributed by atoms with Gasteiger partial charge < -0.3 is 9.84 Å². The molecule has 3 aromatic carbocycles. The minimum atomic E-state index is -0.797. The molecule has 0 aromatic heterocycles. The summed E-state index contributed by atoms with van der Waals surface area (Å²) in [4.78, 5) is 28.0. The van der Waals surface area contributed by atoms with Crippen LogP contribution >= 0.6 is 15.9 Å². The van der Waals surface area contributed by atoms with Crippen LogP contribution < -0.4 is 9.64 Å². The number of ether oxygens (including phenoxy) is 1.